The number of nitrogens with zero attached hydrogens (tertiary/aromatic N) is 1. The van der Waals surface area contributed by atoms with Gasteiger partial charge in [0.2, 0.25) is 5.91 Å². The number of carbonyl (C=O) groups is 1. The number of carbonyl (C=O) groups excluding carboxylic acids is 1. The minimum Gasteiger partial charge on any atom is -0.389 e. The summed E-state index contributed by atoms with van der Waals surface area (Å²) >= 11 is 0. The van der Waals surface area contributed by atoms with Gasteiger partial charge in [0.15, 0.2) is 0 Å². The maximum atomic E-state index is 11.8. The van der Waals surface area contributed by atoms with E-state index in [0.717, 1.165) is 18.5 Å². The zero-order chi connectivity index (χ0) is 14.1. The van der Waals surface area contributed by atoms with E-state index in [1.165, 1.54) is 0 Å². The first-order valence-electron chi connectivity index (χ1n) is 6.77. The smallest absolute Gasteiger partial charge is 0.241 e. The summed E-state index contributed by atoms with van der Waals surface area (Å²) in [5.74, 6) is -0.207. The molecular formula is C14H23N3O2. The summed E-state index contributed by atoms with van der Waals surface area (Å²) in [4.78, 5) is 15.7. The zero-order valence-corrected chi connectivity index (χ0v) is 11.6. The minimum atomic E-state index is -0.895. The average Bonchev–Trinajstić information content (AvgIpc) is 2.38. The fourth-order valence-electron chi connectivity index (χ4n) is 2.15. The lowest BCUT2D eigenvalue weighted by Crippen LogP contribution is -2.38. The van der Waals surface area contributed by atoms with Crippen LogP contribution in [0.5, 0.6) is 0 Å². The third kappa shape index (κ3) is 5.70. The molecule has 0 aliphatic heterocycles. The topological polar surface area (TPSA) is 74.2 Å². The first-order chi connectivity index (χ1) is 9.09. The molecule has 0 radical (unpaired) electrons. The van der Waals surface area contributed by atoms with E-state index in [4.69, 9.17) is 0 Å². The van der Waals surface area contributed by atoms with Crippen LogP contribution in [-0.4, -0.2) is 21.6 Å². The maximum Gasteiger partial charge on any atom is 0.241 e. The first-order valence-corrected chi connectivity index (χ1v) is 6.77. The van der Waals surface area contributed by atoms with E-state index in [1.807, 2.05) is 13.8 Å². The highest BCUT2D eigenvalue weighted by atomic mass is 16.3. The molecule has 5 nitrogen and oxygen atoms in total. The molecule has 0 aliphatic carbocycles. The van der Waals surface area contributed by atoms with Crippen molar-refractivity contribution in [3.63, 3.8) is 0 Å². The zero-order valence-electron chi connectivity index (χ0n) is 11.6. The number of hydrazine groups is 1. The van der Waals surface area contributed by atoms with Gasteiger partial charge in [-0.2, -0.15) is 0 Å². The Labute approximate surface area is 114 Å². The molecule has 0 atom stereocenters. The third-order valence-corrected chi connectivity index (χ3v) is 2.95. The Bertz CT molecular complexity index is 376. The number of hydrogen-bond acceptors (Lipinski definition) is 4. The normalized spacial score (nSPS) is 11.1. The monoisotopic (exact) mass is 265 g/mol. The molecule has 0 spiro atoms. The lowest BCUT2D eigenvalue weighted by molar-refractivity contribution is -0.126. The van der Waals surface area contributed by atoms with Gasteiger partial charge in [-0.3, -0.25) is 20.6 Å². The largest absolute Gasteiger partial charge is 0.389 e. The van der Waals surface area contributed by atoms with E-state index in [1.54, 1.807) is 24.5 Å². The van der Waals surface area contributed by atoms with E-state index in [-0.39, 0.29) is 12.3 Å². The number of nitrogens with one attached hydrogen (secondary N) is 2. The van der Waals surface area contributed by atoms with Gasteiger partial charge in [-0.25, -0.2) is 0 Å². The second-order valence-electron chi connectivity index (χ2n) is 4.81. The van der Waals surface area contributed by atoms with Gasteiger partial charge in [0.05, 0.1) is 17.7 Å². The van der Waals surface area contributed by atoms with Gasteiger partial charge in [-0.05, 0) is 25.0 Å². The molecule has 0 bridgehead atoms. The molecule has 3 N–H and O–H groups in total. The SMILES string of the molecule is CCCC(O)(CCC)CC(=O)NNc1ccncc1. The summed E-state index contributed by atoms with van der Waals surface area (Å²) in [5, 5.41) is 10.4. The van der Waals surface area contributed by atoms with Crippen molar-refractivity contribution >= 4 is 11.6 Å². The van der Waals surface area contributed by atoms with Crippen molar-refractivity contribution in [2.75, 3.05) is 5.43 Å². The quantitative estimate of drug-likeness (QED) is 0.630. The van der Waals surface area contributed by atoms with Gasteiger partial charge in [-0.15, -0.1) is 0 Å². The van der Waals surface area contributed by atoms with Crippen molar-refractivity contribution in [1.29, 1.82) is 0 Å². The minimum absolute atomic E-state index is 0.118. The Morgan fingerprint density at radius 3 is 2.37 bits per heavy atom. The summed E-state index contributed by atoms with van der Waals surface area (Å²) in [6.07, 6.45) is 6.40. The maximum absolute atomic E-state index is 11.8. The molecular weight excluding hydrogens is 242 g/mol. The predicted octanol–water partition coefficient (Wildman–Crippen LogP) is 2.25. The highest BCUT2D eigenvalue weighted by molar-refractivity contribution is 5.78. The van der Waals surface area contributed by atoms with E-state index < -0.39 is 5.60 Å². The van der Waals surface area contributed by atoms with Crippen LogP contribution in [0.2, 0.25) is 0 Å². The summed E-state index contributed by atoms with van der Waals surface area (Å²) in [5.41, 5.74) is 5.26. The van der Waals surface area contributed by atoms with Crippen LogP contribution >= 0.6 is 0 Å². The molecule has 0 saturated heterocycles. The van der Waals surface area contributed by atoms with Crippen molar-refractivity contribution in [3.05, 3.63) is 24.5 Å². The summed E-state index contributed by atoms with van der Waals surface area (Å²) in [6, 6.07) is 3.51. The second kappa shape index (κ2) is 7.74. The molecule has 1 rings (SSSR count). The molecule has 0 unspecified atom stereocenters. The number of pyridine rings is 1. The Morgan fingerprint density at radius 1 is 1.26 bits per heavy atom. The van der Waals surface area contributed by atoms with E-state index >= 15 is 0 Å². The molecule has 0 aliphatic rings. The lowest BCUT2D eigenvalue weighted by atomic mass is 9.89. The Hall–Kier alpha value is -1.62. The predicted molar refractivity (Wildman–Crippen MR) is 75.4 cm³/mol. The van der Waals surface area contributed by atoms with Crippen LogP contribution in [0, 0.1) is 0 Å². The van der Waals surface area contributed by atoms with Crippen LogP contribution < -0.4 is 10.9 Å². The summed E-state index contributed by atoms with van der Waals surface area (Å²) < 4.78 is 0. The van der Waals surface area contributed by atoms with E-state index in [9.17, 15) is 9.90 Å². The van der Waals surface area contributed by atoms with Crippen LogP contribution in [0.3, 0.4) is 0 Å². The van der Waals surface area contributed by atoms with Crippen LogP contribution in [0.15, 0.2) is 24.5 Å². The van der Waals surface area contributed by atoms with Gasteiger partial charge in [0, 0.05) is 12.4 Å². The first kappa shape index (κ1) is 15.4. The summed E-state index contributed by atoms with van der Waals surface area (Å²) in [7, 11) is 0. The van der Waals surface area contributed by atoms with Crippen molar-refractivity contribution in [2.24, 2.45) is 0 Å². The molecule has 0 saturated carbocycles. The van der Waals surface area contributed by atoms with E-state index in [2.05, 4.69) is 15.8 Å². The van der Waals surface area contributed by atoms with E-state index in [0.29, 0.717) is 12.8 Å². The van der Waals surface area contributed by atoms with Gasteiger partial charge in [0.1, 0.15) is 0 Å². The average molecular weight is 265 g/mol. The van der Waals surface area contributed by atoms with Gasteiger partial charge >= 0.3 is 0 Å². The van der Waals surface area contributed by atoms with Crippen LogP contribution in [0.4, 0.5) is 5.69 Å². The van der Waals surface area contributed by atoms with Crippen molar-refractivity contribution in [2.45, 2.75) is 51.6 Å². The number of hydrogen-bond donors (Lipinski definition) is 3. The second-order valence-corrected chi connectivity index (χ2v) is 4.81. The number of anilines is 1. The van der Waals surface area contributed by atoms with Gasteiger partial charge in [-0.1, -0.05) is 26.7 Å². The number of amides is 1. The van der Waals surface area contributed by atoms with Crippen LogP contribution in [0.1, 0.15) is 46.0 Å². The van der Waals surface area contributed by atoms with Gasteiger partial charge < -0.3 is 5.11 Å². The lowest BCUT2D eigenvalue weighted by Gasteiger charge is -2.26. The van der Waals surface area contributed by atoms with Crippen LogP contribution in [0.25, 0.3) is 0 Å². The van der Waals surface area contributed by atoms with Crippen molar-refractivity contribution in [3.8, 4) is 0 Å². The number of aliphatic hydroxyl groups is 1. The standard InChI is InChI=1S/C14H23N3O2/c1-3-7-14(19,8-4-2)11-13(18)17-16-12-5-9-15-10-6-12/h5-6,9-10,19H,3-4,7-8,11H2,1-2H3,(H,15,16)(H,17,18). The molecule has 1 amide bonds. The molecule has 106 valence electrons. The Kier molecular flexibility index (Phi) is 6.29. The van der Waals surface area contributed by atoms with Gasteiger partial charge in [0.25, 0.3) is 0 Å². The Balaban J connectivity index is 2.44. The molecule has 1 aromatic heterocycles. The fourth-order valence-corrected chi connectivity index (χ4v) is 2.15. The molecule has 5 heteroatoms. The summed E-state index contributed by atoms with van der Waals surface area (Å²) in [6.45, 7) is 4.02. The molecule has 0 aromatic carbocycles. The number of aromatic nitrogens is 1. The van der Waals surface area contributed by atoms with Crippen molar-refractivity contribution < 1.29 is 9.90 Å². The molecule has 1 aromatic rings. The van der Waals surface area contributed by atoms with Crippen molar-refractivity contribution in [1.82, 2.24) is 10.4 Å². The molecule has 0 fully saturated rings. The number of rotatable bonds is 8. The molecule has 19 heavy (non-hydrogen) atoms. The fraction of sp³-hybridized carbons (Fsp3) is 0.571. The highest BCUT2D eigenvalue weighted by Crippen LogP contribution is 2.23. The highest BCUT2D eigenvalue weighted by Gasteiger charge is 2.27. The van der Waals surface area contributed by atoms with Crippen LogP contribution in [-0.2, 0) is 4.79 Å². The Morgan fingerprint density at radius 2 is 1.84 bits per heavy atom. The third-order valence-electron chi connectivity index (χ3n) is 2.95. The molecule has 1 heterocycles.